The van der Waals surface area contributed by atoms with E-state index >= 15 is 0 Å². The Labute approximate surface area is 176 Å². The van der Waals surface area contributed by atoms with Crippen molar-refractivity contribution in [2.45, 2.75) is 31.5 Å². The van der Waals surface area contributed by atoms with E-state index in [4.69, 9.17) is 4.74 Å². The van der Waals surface area contributed by atoms with Crippen LogP contribution in [-0.2, 0) is 10.9 Å². The largest absolute Gasteiger partial charge is 0.416 e. The molecule has 2 saturated heterocycles. The van der Waals surface area contributed by atoms with E-state index in [0.717, 1.165) is 83.7 Å². The van der Waals surface area contributed by atoms with Crippen molar-refractivity contribution < 1.29 is 17.9 Å². The SMILES string of the molecule is CN=C(NCCCN1CCN(c2cccc(C(F)(F)F)c2)CC1)NCC1CCCO1. The highest BCUT2D eigenvalue weighted by Crippen LogP contribution is 2.31. The molecule has 2 aliphatic heterocycles. The molecule has 3 rings (SSSR count). The van der Waals surface area contributed by atoms with E-state index in [9.17, 15) is 13.2 Å². The van der Waals surface area contributed by atoms with Crippen molar-refractivity contribution in [2.75, 3.05) is 64.4 Å². The van der Waals surface area contributed by atoms with Crippen LogP contribution < -0.4 is 15.5 Å². The monoisotopic (exact) mass is 427 g/mol. The summed E-state index contributed by atoms with van der Waals surface area (Å²) in [6.07, 6.45) is -0.832. The van der Waals surface area contributed by atoms with Crippen molar-refractivity contribution in [3.8, 4) is 0 Å². The molecule has 2 heterocycles. The predicted octanol–water partition coefficient (Wildman–Crippen LogP) is 2.56. The van der Waals surface area contributed by atoms with E-state index in [-0.39, 0.29) is 6.10 Å². The topological polar surface area (TPSA) is 52.1 Å². The van der Waals surface area contributed by atoms with E-state index in [0.29, 0.717) is 5.69 Å². The van der Waals surface area contributed by atoms with Crippen molar-refractivity contribution in [3.63, 3.8) is 0 Å². The fourth-order valence-electron chi connectivity index (χ4n) is 3.85. The van der Waals surface area contributed by atoms with Gasteiger partial charge in [0.2, 0.25) is 0 Å². The lowest BCUT2D eigenvalue weighted by Crippen LogP contribution is -2.47. The Kier molecular flexibility index (Phi) is 8.21. The summed E-state index contributed by atoms with van der Waals surface area (Å²) < 4.78 is 44.4. The molecule has 168 valence electrons. The van der Waals surface area contributed by atoms with Gasteiger partial charge in [-0.25, -0.2) is 0 Å². The third-order valence-electron chi connectivity index (χ3n) is 5.60. The fourth-order valence-corrected chi connectivity index (χ4v) is 3.85. The van der Waals surface area contributed by atoms with Crippen LogP contribution in [0.4, 0.5) is 18.9 Å². The third-order valence-corrected chi connectivity index (χ3v) is 5.60. The molecule has 6 nitrogen and oxygen atoms in total. The van der Waals surface area contributed by atoms with E-state index in [1.807, 2.05) is 4.90 Å². The van der Waals surface area contributed by atoms with Crippen LogP contribution in [0.15, 0.2) is 29.3 Å². The number of nitrogens with zero attached hydrogens (tertiary/aromatic N) is 3. The maximum absolute atomic E-state index is 12.9. The molecule has 0 spiro atoms. The summed E-state index contributed by atoms with van der Waals surface area (Å²) in [6.45, 7) is 6.56. The molecule has 0 saturated carbocycles. The minimum atomic E-state index is -4.30. The van der Waals surface area contributed by atoms with Crippen LogP contribution in [0.5, 0.6) is 0 Å². The smallest absolute Gasteiger partial charge is 0.376 e. The highest BCUT2D eigenvalue weighted by molar-refractivity contribution is 5.79. The zero-order chi connectivity index (χ0) is 21.4. The summed E-state index contributed by atoms with van der Waals surface area (Å²) in [5.74, 6) is 0.792. The lowest BCUT2D eigenvalue weighted by atomic mass is 10.1. The molecule has 30 heavy (non-hydrogen) atoms. The number of halogens is 3. The molecule has 1 aromatic rings. The number of hydrogen-bond acceptors (Lipinski definition) is 4. The Morgan fingerprint density at radius 2 is 2.00 bits per heavy atom. The molecule has 0 bridgehead atoms. The number of guanidine groups is 1. The van der Waals surface area contributed by atoms with Crippen molar-refractivity contribution >= 4 is 11.6 Å². The van der Waals surface area contributed by atoms with Gasteiger partial charge in [-0.05, 0) is 44.0 Å². The summed E-state index contributed by atoms with van der Waals surface area (Å²) in [6, 6.07) is 5.60. The number of alkyl halides is 3. The van der Waals surface area contributed by atoms with Gasteiger partial charge in [0, 0.05) is 58.6 Å². The average molecular weight is 428 g/mol. The number of benzene rings is 1. The van der Waals surface area contributed by atoms with Crippen molar-refractivity contribution in [3.05, 3.63) is 29.8 Å². The number of hydrogen-bond donors (Lipinski definition) is 2. The molecule has 0 aromatic heterocycles. The van der Waals surface area contributed by atoms with Gasteiger partial charge in [0.05, 0.1) is 11.7 Å². The molecule has 1 atom stereocenters. The standard InChI is InChI=1S/C21H32F3N5O/c1-25-20(27-16-19-7-3-14-30-19)26-8-4-9-28-10-12-29(13-11-28)18-6-2-5-17(15-18)21(22,23)24/h2,5-6,15,19H,3-4,7-14,16H2,1H3,(H2,25,26,27). The molecule has 1 aromatic carbocycles. The normalized spacial score (nSPS) is 21.1. The second-order valence-electron chi connectivity index (χ2n) is 7.75. The van der Waals surface area contributed by atoms with Gasteiger partial charge in [-0.2, -0.15) is 13.2 Å². The second kappa shape index (κ2) is 10.9. The maximum atomic E-state index is 12.9. The summed E-state index contributed by atoms with van der Waals surface area (Å²) in [5, 5.41) is 6.63. The minimum Gasteiger partial charge on any atom is -0.376 e. The molecule has 0 radical (unpaired) electrons. The van der Waals surface area contributed by atoms with Crippen LogP contribution in [0.2, 0.25) is 0 Å². The molecular formula is C21H32F3N5O. The van der Waals surface area contributed by atoms with Crippen LogP contribution >= 0.6 is 0 Å². The highest BCUT2D eigenvalue weighted by atomic mass is 19.4. The van der Waals surface area contributed by atoms with Crippen LogP contribution in [0.1, 0.15) is 24.8 Å². The van der Waals surface area contributed by atoms with Gasteiger partial charge in [-0.3, -0.25) is 9.89 Å². The van der Waals surface area contributed by atoms with Gasteiger partial charge in [0.1, 0.15) is 0 Å². The first kappa shape index (κ1) is 22.7. The number of aliphatic imine (C=N–C) groups is 1. The first-order valence-electron chi connectivity index (χ1n) is 10.7. The van der Waals surface area contributed by atoms with Gasteiger partial charge < -0.3 is 20.3 Å². The molecular weight excluding hydrogens is 395 g/mol. The molecule has 0 amide bonds. The lowest BCUT2D eigenvalue weighted by Gasteiger charge is -2.36. The van der Waals surface area contributed by atoms with Crippen molar-refractivity contribution in [1.29, 1.82) is 0 Å². The van der Waals surface area contributed by atoms with Gasteiger partial charge in [-0.1, -0.05) is 6.07 Å². The summed E-state index contributed by atoms with van der Waals surface area (Å²) in [5.41, 5.74) is 0.0576. The average Bonchev–Trinajstić information content (AvgIpc) is 3.27. The van der Waals surface area contributed by atoms with Gasteiger partial charge in [-0.15, -0.1) is 0 Å². The van der Waals surface area contributed by atoms with Gasteiger partial charge in [0.25, 0.3) is 0 Å². The first-order chi connectivity index (χ1) is 14.5. The molecule has 9 heteroatoms. The van der Waals surface area contributed by atoms with Gasteiger partial charge in [0.15, 0.2) is 5.96 Å². The number of nitrogens with one attached hydrogen (secondary N) is 2. The second-order valence-corrected chi connectivity index (χ2v) is 7.75. The van der Waals surface area contributed by atoms with Crippen molar-refractivity contribution in [2.24, 2.45) is 4.99 Å². The lowest BCUT2D eigenvalue weighted by molar-refractivity contribution is -0.137. The Morgan fingerprint density at radius 3 is 2.67 bits per heavy atom. The van der Waals surface area contributed by atoms with E-state index in [1.54, 1.807) is 13.1 Å². The Morgan fingerprint density at radius 1 is 1.20 bits per heavy atom. The van der Waals surface area contributed by atoms with Gasteiger partial charge >= 0.3 is 6.18 Å². The molecule has 1 unspecified atom stereocenters. The summed E-state index contributed by atoms with van der Waals surface area (Å²) >= 11 is 0. The zero-order valence-electron chi connectivity index (χ0n) is 17.5. The number of anilines is 1. The molecule has 2 fully saturated rings. The fraction of sp³-hybridized carbons (Fsp3) is 0.667. The van der Waals surface area contributed by atoms with E-state index < -0.39 is 11.7 Å². The van der Waals surface area contributed by atoms with Crippen LogP contribution in [0.25, 0.3) is 0 Å². The van der Waals surface area contributed by atoms with Crippen LogP contribution in [0.3, 0.4) is 0 Å². The predicted molar refractivity (Wildman–Crippen MR) is 113 cm³/mol. The number of rotatable bonds is 7. The quantitative estimate of drug-likeness (QED) is 0.398. The van der Waals surface area contributed by atoms with E-state index in [1.165, 1.54) is 12.1 Å². The van der Waals surface area contributed by atoms with Crippen LogP contribution in [0, 0.1) is 0 Å². The Hall–Kier alpha value is -2.00. The maximum Gasteiger partial charge on any atom is 0.416 e. The molecule has 2 aliphatic rings. The third kappa shape index (κ3) is 6.77. The minimum absolute atomic E-state index is 0.275. The highest BCUT2D eigenvalue weighted by Gasteiger charge is 2.31. The Balaban J connectivity index is 1.33. The molecule has 2 N–H and O–H groups in total. The summed E-state index contributed by atoms with van der Waals surface area (Å²) in [4.78, 5) is 8.62. The summed E-state index contributed by atoms with van der Waals surface area (Å²) in [7, 11) is 1.76. The van der Waals surface area contributed by atoms with Crippen LogP contribution in [-0.4, -0.2) is 76.4 Å². The Bertz CT molecular complexity index is 683. The first-order valence-corrected chi connectivity index (χ1v) is 10.7. The van der Waals surface area contributed by atoms with E-state index in [2.05, 4.69) is 20.5 Å². The zero-order valence-corrected chi connectivity index (χ0v) is 17.5. The van der Waals surface area contributed by atoms with Crippen molar-refractivity contribution in [1.82, 2.24) is 15.5 Å². The number of piperazine rings is 1. The molecule has 0 aliphatic carbocycles. The number of ether oxygens (including phenoxy) is 1.